The molecule has 0 saturated heterocycles. The smallest absolute Gasteiger partial charge is 0.306 e. The van der Waals surface area contributed by atoms with Gasteiger partial charge < -0.3 is 14.2 Å². The topological polar surface area (TPSA) is 78.9 Å². The highest BCUT2D eigenvalue weighted by Gasteiger charge is 2.19. The summed E-state index contributed by atoms with van der Waals surface area (Å²) in [7, 11) is 0. The summed E-state index contributed by atoms with van der Waals surface area (Å²) in [5.74, 6) is -0.883. The molecule has 0 rings (SSSR count). The molecule has 6 heteroatoms. The van der Waals surface area contributed by atoms with Gasteiger partial charge in [0.05, 0.1) is 0 Å². The number of unbranched alkanes of at least 4 members (excludes halogenated alkanes) is 36. The van der Waals surface area contributed by atoms with Crippen LogP contribution in [0.3, 0.4) is 0 Å². The minimum absolute atomic E-state index is 0.0787. The van der Waals surface area contributed by atoms with Gasteiger partial charge in [0.15, 0.2) is 6.10 Å². The fourth-order valence-corrected chi connectivity index (χ4v) is 9.57. The molecule has 0 aliphatic carbocycles. The summed E-state index contributed by atoms with van der Waals surface area (Å²) >= 11 is 0. The van der Waals surface area contributed by atoms with Gasteiger partial charge in [-0.05, 0) is 109 Å². The number of carbonyl (C=O) groups excluding carboxylic acids is 3. The zero-order valence-electron chi connectivity index (χ0n) is 51.7. The van der Waals surface area contributed by atoms with Crippen LogP contribution in [0.25, 0.3) is 0 Å². The number of esters is 3. The van der Waals surface area contributed by atoms with Gasteiger partial charge in [0.25, 0.3) is 0 Å². The monoisotopic (exact) mass is 1090 g/mol. The molecule has 1 unspecified atom stereocenters. The summed E-state index contributed by atoms with van der Waals surface area (Å²) in [6, 6.07) is 0. The lowest BCUT2D eigenvalue weighted by Gasteiger charge is -2.18. The first-order chi connectivity index (χ1) is 38.5. The molecule has 0 amide bonds. The van der Waals surface area contributed by atoms with Crippen molar-refractivity contribution in [2.45, 2.75) is 341 Å². The third-order valence-corrected chi connectivity index (χ3v) is 14.6. The van der Waals surface area contributed by atoms with Crippen LogP contribution in [-0.4, -0.2) is 37.2 Å². The van der Waals surface area contributed by atoms with Gasteiger partial charge in [-0.1, -0.05) is 292 Å². The van der Waals surface area contributed by atoms with Crippen molar-refractivity contribution in [3.8, 4) is 0 Å². The predicted octanol–water partition coefficient (Wildman–Crippen LogP) is 23.1. The molecule has 0 aliphatic rings. The van der Waals surface area contributed by atoms with Crippen LogP contribution in [0.1, 0.15) is 335 Å². The maximum absolute atomic E-state index is 12.9. The summed E-state index contributed by atoms with van der Waals surface area (Å²) in [4.78, 5) is 38.2. The Labute approximate surface area is 484 Å². The van der Waals surface area contributed by atoms with Gasteiger partial charge >= 0.3 is 17.9 Å². The van der Waals surface area contributed by atoms with E-state index in [1.807, 2.05) is 0 Å². The van der Waals surface area contributed by atoms with Crippen LogP contribution in [0.4, 0.5) is 0 Å². The summed E-state index contributed by atoms with van der Waals surface area (Å²) < 4.78 is 16.9. The van der Waals surface area contributed by atoms with Crippen molar-refractivity contribution in [1.29, 1.82) is 0 Å². The Kier molecular flexibility index (Phi) is 63.2. The van der Waals surface area contributed by atoms with Crippen LogP contribution in [0.5, 0.6) is 0 Å². The maximum Gasteiger partial charge on any atom is 0.306 e. The second-order valence-corrected chi connectivity index (χ2v) is 22.3. The minimum Gasteiger partial charge on any atom is -0.462 e. The molecule has 0 heterocycles. The molecule has 0 aromatic rings. The first-order valence-corrected chi connectivity index (χ1v) is 33.6. The molecule has 0 spiro atoms. The quantitative estimate of drug-likeness (QED) is 0.0261. The zero-order chi connectivity index (χ0) is 56.4. The second-order valence-electron chi connectivity index (χ2n) is 22.3. The summed E-state index contributed by atoms with van der Waals surface area (Å²) in [5, 5.41) is 0. The molecule has 0 saturated carbocycles. The average Bonchev–Trinajstić information content (AvgIpc) is 3.44. The van der Waals surface area contributed by atoms with Crippen molar-refractivity contribution >= 4 is 17.9 Å². The third-order valence-electron chi connectivity index (χ3n) is 14.6. The summed E-state index contributed by atoms with van der Waals surface area (Å²) in [5.41, 5.74) is 0. The van der Waals surface area contributed by atoms with Crippen molar-refractivity contribution in [2.75, 3.05) is 13.2 Å². The van der Waals surface area contributed by atoms with Crippen molar-refractivity contribution in [3.63, 3.8) is 0 Å². The SMILES string of the molecule is CC/C=C\C/C=C\C/C=C\C/C=C\C/C=C\CCCCCCCCCCCCCCCCCCCC(=O)OCC(COC(=O)CCCCCCC/C=C\CCCC)OC(=O)CCCCCCC/C=C\CCCCCCCCC. The number of ether oxygens (including phenoxy) is 3. The molecule has 1 atom stereocenters. The standard InChI is InChI=1S/C72H126O6/c1-4-7-10-13-16-19-22-24-26-28-29-30-31-32-33-34-35-36-37-38-39-40-41-42-43-44-46-47-50-53-56-59-62-65-71(74)77-68-69(67-76-70(73)64-61-58-55-52-49-21-18-15-12-9-6-3)78-72(75)66-63-60-57-54-51-48-45-27-25-23-20-17-14-11-8-5-2/h7,10,15-16,18-19,24,26-27,29-30,32-33,45,69H,4-6,8-9,11-14,17,20-23,25,28,31,34-44,46-68H2,1-3H3/b10-7-,18-15-,19-16-,26-24-,30-29-,33-32-,45-27-. The number of rotatable bonds is 61. The van der Waals surface area contributed by atoms with Gasteiger partial charge in [0.1, 0.15) is 13.2 Å². The fourth-order valence-electron chi connectivity index (χ4n) is 9.57. The van der Waals surface area contributed by atoms with E-state index in [1.165, 1.54) is 186 Å². The number of allylic oxidation sites excluding steroid dienone is 14. The van der Waals surface area contributed by atoms with Gasteiger partial charge in [-0.15, -0.1) is 0 Å². The van der Waals surface area contributed by atoms with E-state index in [-0.39, 0.29) is 31.1 Å². The highest BCUT2D eigenvalue weighted by molar-refractivity contribution is 5.71. The Balaban J connectivity index is 4.12. The van der Waals surface area contributed by atoms with E-state index in [9.17, 15) is 14.4 Å². The number of carbonyl (C=O) groups is 3. The largest absolute Gasteiger partial charge is 0.462 e. The van der Waals surface area contributed by atoms with E-state index in [1.54, 1.807) is 0 Å². The Morgan fingerprint density at radius 1 is 0.269 bits per heavy atom. The van der Waals surface area contributed by atoms with Gasteiger partial charge in [-0.2, -0.15) is 0 Å². The molecule has 0 radical (unpaired) electrons. The average molecular weight is 1090 g/mol. The molecule has 0 N–H and O–H groups in total. The van der Waals surface area contributed by atoms with Crippen LogP contribution >= 0.6 is 0 Å². The van der Waals surface area contributed by atoms with Gasteiger partial charge in [-0.25, -0.2) is 0 Å². The molecule has 450 valence electrons. The Morgan fingerprint density at radius 3 is 0.833 bits per heavy atom. The van der Waals surface area contributed by atoms with E-state index in [0.717, 1.165) is 109 Å². The molecular weight excluding hydrogens is 961 g/mol. The Hall–Kier alpha value is -3.41. The molecule has 0 aromatic carbocycles. The first kappa shape index (κ1) is 74.6. The van der Waals surface area contributed by atoms with Crippen LogP contribution in [0.15, 0.2) is 85.1 Å². The van der Waals surface area contributed by atoms with Crippen molar-refractivity contribution in [1.82, 2.24) is 0 Å². The second kappa shape index (κ2) is 66.1. The summed E-state index contributed by atoms with van der Waals surface area (Å²) in [6.07, 6.45) is 87.6. The van der Waals surface area contributed by atoms with Crippen molar-refractivity contribution < 1.29 is 28.6 Å². The lowest BCUT2D eigenvalue weighted by Crippen LogP contribution is -2.30. The van der Waals surface area contributed by atoms with Gasteiger partial charge in [-0.3, -0.25) is 14.4 Å². The lowest BCUT2D eigenvalue weighted by molar-refractivity contribution is -0.167. The molecule has 0 aromatic heterocycles. The van der Waals surface area contributed by atoms with Crippen LogP contribution in [0.2, 0.25) is 0 Å². The van der Waals surface area contributed by atoms with Crippen LogP contribution in [-0.2, 0) is 28.6 Å². The number of hydrogen-bond acceptors (Lipinski definition) is 6. The van der Waals surface area contributed by atoms with E-state index < -0.39 is 6.10 Å². The van der Waals surface area contributed by atoms with E-state index >= 15 is 0 Å². The fraction of sp³-hybridized carbons (Fsp3) is 0.764. The Morgan fingerprint density at radius 2 is 0.513 bits per heavy atom. The molecular formula is C72H126O6. The van der Waals surface area contributed by atoms with E-state index in [4.69, 9.17) is 14.2 Å². The molecule has 0 aliphatic heterocycles. The Bertz CT molecular complexity index is 1480. The molecule has 78 heavy (non-hydrogen) atoms. The van der Waals surface area contributed by atoms with Crippen molar-refractivity contribution in [2.24, 2.45) is 0 Å². The molecule has 6 nitrogen and oxygen atoms in total. The van der Waals surface area contributed by atoms with Gasteiger partial charge in [0, 0.05) is 19.3 Å². The zero-order valence-corrected chi connectivity index (χ0v) is 51.7. The highest BCUT2D eigenvalue weighted by atomic mass is 16.6. The van der Waals surface area contributed by atoms with Gasteiger partial charge in [0.2, 0.25) is 0 Å². The first-order valence-electron chi connectivity index (χ1n) is 33.6. The predicted molar refractivity (Wildman–Crippen MR) is 339 cm³/mol. The highest BCUT2D eigenvalue weighted by Crippen LogP contribution is 2.17. The third kappa shape index (κ3) is 63.4. The number of hydrogen-bond donors (Lipinski definition) is 0. The maximum atomic E-state index is 12.9. The van der Waals surface area contributed by atoms with Crippen LogP contribution in [0, 0.1) is 0 Å². The van der Waals surface area contributed by atoms with E-state index in [0.29, 0.717) is 19.3 Å². The van der Waals surface area contributed by atoms with Crippen molar-refractivity contribution in [3.05, 3.63) is 85.1 Å². The van der Waals surface area contributed by atoms with E-state index in [2.05, 4.69) is 106 Å². The minimum atomic E-state index is -0.782. The normalized spacial score (nSPS) is 12.6. The molecule has 0 bridgehead atoms. The lowest BCUT2D eigenvalue weighted by atomic mass is 10.0. The molecule has 0 fully saturated rings. The summed E-state index contributed by atoms with van der Waals surface area (Å²) in [6.45, 7) is 6.50. The van der Waals surface area contributed by atoms with Crippen LogP contribution < -0.4 is 0 Å².